The summed E-state index contributed by atoms with van der Waals surface area (Å²) in [5.41, 5.74) is 12.6. The first-order chi connectivity index (χ1) is 11.7. The van der Waals surface area contributed by atoms with E-state index in [0.29, 0.717) is 6.04 Å². The molecule has 5 nitrogen and oxygen atoms in total. The van der Waals surface area contributed by atoms with Crippen molar-refractivity contribution in [2.45, 2.75) is 64.0 Å². The molecule has 1 saturated carbocycles. The summed E-state index contributed by atoms with van der Waals surface area (Å²) in [5.74, 6) is 1.15. The van der Waals surface area contributed by atoms with E-state index in [1.165, 1.54) is 56.5 Å². The Labute approximate surface area is 158 Å². The highest BCUT2D eigenvalue weighted by molar-refractivity contribution is 8.03. The first-order valence-corrected chi connectivity index (χ1v) is 10.8. The lowest BCUT2D eigenvalue weighted by Crippen LogP contribution is -2.39. The zero-order valence-corrected chi connectivity index (χ0v) is 16.9. The monoisotopic (exact) mass is 375 g/mol. The number of rotatable bonds is 4. The van der Waals surface area contributed by atoms with Gasteiger partial charge in [0.05, 0.1) is 0 Å². The predicted octanol–water partition coefficient (Wildman–Crippen LogP) is 2.05. The topological polar surface area (TPSA) is 93.3 Å². The van der Waals surface area contributed by atoms with Crippen LogP contribution in [0.3, 0.4) is 0 Å². The van der Waals surface area contributed by atoms with Crippen LogP contribution in [-0.4, -0.2) is 48.9 Å². The highest BCUT2D eigenvalue weighted by atomic mass is 32.2. The van der Waals surface area contributed by atoms with Crippen molar-refractivity contribution in [3.8, 4) is 0 Å². The van der Waals surface area contributed by atoms with Gasteiger partial charge in [0.15, 0.2) is 0 Å². The zero-order valence-electron chi connectivity index (χ0n) is 15.2. The smallest absolute Gasteiger partial charge is 0.0313 e. The highest BCUT2D eigenvalue weighted by Crippen LogP contribution is 2.30. The molecule has 1 atom stereocenters. The SMILES string of the molecule is CCSC1=C(N)CCN(C2CCCC2)C1.NCC1CCCN1.NS. The van der Waals surface area contributed by atoms with Crippen LogP contribution in [0, 0.1) is 0 Å². The van der Waals surface area contributed by atoms with E-state index in [-0.39, 0.29) is 0 Å². The van der Waals surface area contributed by atoms with Crippen LogP contribution in [0.4, 0.5) is 0 Å². The Bertz CT molecular complexity index is 353. The summed E-state index contributed by atoms with van der Waals surface area (Å²) in [6.45, 7) is 6.49. The lowest BCUT2D eigenvalue weighted by Gasteiger charge is -2.33. The Morgan fingerprint density at radius 3 is 2.42 bits per heavy atom. The summed E-state index contributed by atoms with van der Waals surface area (Å²) in [4.78, 5) is 4.09. The summed E-state index contributed by atoms with van der Waals surface area (Å²) in [5, 5.41) is 7.48. The van der Waals surface area contributed by atoms with E-state index in [1.807, 2.05) is 11.8 Å². The van der Waals surface area contributed by atoms with Crippen molar-refractivity contribution in [1.82, 2.24) is 10.2 Å². The summed E-state index contributed by atoms with van der Waals surface area (Å²) < 4.78 is 0. The first-order valence-electron chi connectivity index (χ1n) is 9.28. The molecule has 0 spiro atoms. The molecule has 1 saturated heterocycles. The maximum Gasteiger partial charge on any atom is 0.0313 e. The minimum Gasteiger partial charge on any atom is -0.401 e. The molecule has 0 aromatic rings. The van der Waals surface area contributed by atoms with Crippen molar-refractivity contribution in [1.29, 1.82) is 0 Å². The first kappa shape index (κ1) is 22.1. The van der Waals surface area contributed by atoms with Gasteiger partial charge in [0.1, 0.15) is 0 Å². The highest BCUT2D eigenvalue weighted by Gasteiger charge is 2.26. The van der Waals surface area contributed by atoms with Gasteiger partial charge in [-0.3, -0.25) is 10.0 Å². The van der Waals surface area contributed by atoms with Gasteiger partial charge < -0.3 is 16.8 Å². The molecule has 1 aliphatic carbocycles. The van der Waals surface area contributed by atoms with Crippen molar-refractivity contribution < 1.29 is 0 Å². The van der Waals surface area contributed by atoms with E-state index < -0.39 is 0 Å². The minimum atomic E-state index is 0.625. The fourth-order valence-corrected chi connectivity index (χ4v) is 4.51. The molecule has 3 aliphatic rings. The van der Waals surface area contributed by atoms with Crippen LogP contribution in [0.25, 0.3) is 0 Å². The van der Waals surface area contributed by atoms with E-state index in [0.717, 1.165) is 37.0 Å². The van der Waals surface area contributed by atoms with Crippen LogP contribution in [0.5, 0.6) is 0 Å². The lowest BCUT2D eigenvalue weighted by molar-refractivity contribution is 0.211. The number of nitrogens with two attached hydrogens (primary N) is 3. The van der Waals surface area contributed by atoms with Gasteiger partial charge in [-0.2, -0.15) is 0 Å². The quantitative estimate of drug-likeness (QED) is 0.483. The second-order valence-corrected chi connectivity index (χ2v) is 7.93. The van der Waals surface area contributed by atoms with Crippen molar-refractivity contribution in [2.75, 3.05) is 31.9 Å². The van der Waals surface area contributed by atoms with Gasteiger partial charge in [-0.1, -0.05) is 19.8 Å². The van der Waals surface area contributed by atoms with Crippen molar-refractivity contribution in [3.05, 3.63) is 10.6 Å². The molecule has 2 aliphatic heterocycles. The minimum absolute atomic E-state index is 0.625. The molecule has 24 heavy (non-hydrogen) atoms. The number of nitrogens with one attached hydrogen (secondary N) is 1. The number of nitrogens with zero attached hydrogens (tertiary/aromatic N) is 1. The third-order valence-electron chi connectivity index (χ3n) is 4.98. The second kappa shape index (κ2) is 13.3. The molecule has 3 rings (SSSR count). The number of hydrogen-bond donors (Lipinski definition) is 5. The van der Waals surface area contributed by atoms with Crippen LogP contribution in [0.1, 0.15) is 51.9 Å². The fourth-order valence-electron chi connectivity index (χ4n) is 3.62. The van der Waals surface area contributed by atoms with Crippen LogP contribution in [0.15, 0.2) is 10.6 Å². The number of thioether (sulfide) groups is 1. The molecule has 0 aromatic carbocycles. The molecule has 1 unspecified atom stereocenters. The number of thiol groups is 1. The molecule has 7 heteroatoms. The largest absolute Gasteiger partial charge is 0.401 e. The Kier molecular flexibility index (Phi) is 12.3. The van der Waals surface area contributed by atoms with Gasteiger partial charge in [-0.05, 0) is 38.0 Å². The van der Waals surface area contributed by atoms with Gasteiger partial charge in [0.2, 0.25) is 0 Å². The number of hydrogen-bond acceptors (Lipinski definition) is 7. The average molecular weight is 376 g/mol. The van der Waals surface area contributed by atoms with E-state index >= 15 is 0 Å². The Morgan fingerprint density at radius 2 is 1.92 bits per heavy atom. The Morgan fingerprint density at radius 1 is 1.21 bits per heavy atom. The van der Waals surface area contributed by atoms with Crippen molar-refractivity contribution in [3.63, 3.8) is 0 Å². The average Bonchev–Trinajstić information content (AvgIpc) is 3.33. The third-order valence-corrected chi connectivity index (χ3v) is 6.01. The van der Waals surface area contributed by atoms with Crippen LogP contribution < -0.4 is 21.9 Å². The normalized spacial score (nSPS) is 25.1. The van der Waals surface area contributed by atoms with E-state index in [2.05, 4.69) is 35.1 Å². The van der Waals surface area contributed by atoms with E-state index in [9.17, 15) is 0 Å². The molecule has 142 valence electrons. The van der Waals surface area contributed by atoms with E-state index in [1.54, 1.807) is 0 Å². The van der Waals surface area contributed by atoms with Gasteiger partial charge in [-0.15, -0.1) is 24.6 Å². The zero-order chi connectivity index (χ0) is 17.8. The Hall–Kier alpha value is 0.0800. The predicted molar refractivity (Wildman–Crippen MR) is 111 cm³/mol. The van der Waals surface area contributed by atoms with Crippen LogP contribution >= 0.6 is 24.6 Å². The molecule has 0 radical (unpaired) electrons. The molecule has 0 amide bonds. The van der Waals surface area contributed by atoms with Crippen molar-refractivity contribution in [2.24, 2.45) is 16.6 Å². The molecule has 2 heterocycles. The molecular formula is C17H37N5S2. The molecule has 2 fully saturated rings. The second-order valence-electron chi connectivity index (χ2n) is 6.57. The Balaban J connectivity index is 0.000000268. The standard InChI is InChI=1S/C12H22N2S.C5H12N2.H3NS/c1-2-15-12-9-14(8-7-11(12)13)10-5-3-4-6-10;6-4-5-2-1-3-7-5;1-2/h10H,2-9,13H2,1H3;5,7H,1-4,6H2;2H,1H2. The van der Waals surface area contributed by atoms with Crippen LogP contribution in [0.2, 0.25) is 0 Å². The summed E-state index contributed by atoms with van der Waals surface area (Å²) in [6.07, 6.45) is 9.33. The van der Waals surface area contributed by atoms with Gasteiger partial charge in [-0.25, -0.2) is 0 Å². The summed E-state index contributed by atoms with van der Waals surface area (Å²) >= 11 is 4.96. The van der Waals surface area contributed by atoms with Gasteiger partial charge in [0, 0.05) is 48.7 Å². The molecular weight excluding hydrogens is 338 g/mol. The van der Waals surface area contributed by atoms with Crippen molar-refractivity contribution >= 4 is 24.6 Å². The maximum atomic E-state index is 6.06. The van der Waals surface area contributed by atoms with Crippen LogP contribution in [-0.2, 0) is 0 Å². The lowest BCUT2D eigenvalue weighted by atomic mass is 10.1. The molecule has 0 bridgehead atoms. The van der Waals surface area contributed by atoms with E-state index in [4.69, 9.17) is 11.5 Å². The summed E-state index contributed by atoms with van der Waals surface area (Å²) in [7, 11) is 0. The van der Waals surface area contributed by atoms with Gasteiger partial charge >= 0.3 is 0 Å². The van der Waals surface area contributed by atoms with Gasteiger partial charge in [0.25, 0.3) is 0 Å². The fraction of sp³-hybridized carbons (Fsp3) is 0.882. The third kappa shape index (κ3) is 7.54. The molecule has 0 aromatic heterocycles. The maximum absolute atomic E-state index is 6.06. The molecule has 7 N–H and O–H groups in total. The summed E-state index contributed by atoms with van der Waals surface area (Å²) in [6, 6.07) is 1.48.